The number of nitro benzene ring substituents is 1. The van der Waals surface area contributed by atoms with Crippen molar-refractivity contribution in [2.45, 2.75) is 19.9 Å². The van der Waals surface area contributed by atoms with E-state index in [0.717, 1.165) is 12.1 Å². The van der Waals surface area contributed by atoms with Crippen molar-refractivity contribution in [2.24, 2.45) is 5.92 Å². The van der Waals surface area contributed by atoms with E-state index in [-0.39, 0.29) is 39.9 Å². The molecule has 0 fully saturated rings. The third kappa shape index (κ3) is 3.82. The molecule has 0 spiro atoms. The topological polar surface area (TPSA) is 92.5 Å². The van der Waals surface area contributed by atoms with Crippen molar-refractivity contribution in [3.05, 3.63) is 37.9 Å². The van der Waals surface area contributed by atoms with Crippen LogP contribution in [-0.2, 0) is 0 Å². The first-order valence-electron chi connectivity index (χ1n) is 5.83. The van der Waals surface area contributed by atoms with Crippen molar-refractivity contribution in [3.8, 4) is 0 Å². The van der Waals surface area contributed by atoms with Gasteiger partial charge in [0.25, 0.3) is 11.6 Å². The molecule has 1 aromatic carbocycles. The fourth-order valence-electron chi connectivity index (χ4n) is 1.43. The van der Waals surface area contributed by atoms with Gasteiger partial charge in [-0.3, -0.25) is 14.9 Å². The molecule has 0 aliphatic carbocycles. The molecule has 0 saturated heterocycles. The summed E-state index contributed by atoms with van der Waals surface area (Å²) in [6, 6.07) is 1.84. The molecule has 2 unspecified atom stereocenters. The van der Waals surface area contributed by atoms with Crippen LogP contribution < -0.4 is 5.32 Å². The molecule has 0 aliphatic rings. The summed E-state index contributed by atoms with van der Waals surface area (Å²) in [5, 5.41) is 22.3. The summed E-state index contributed by atoms with van der Waals surface area (Å²) in [5.41, 5.74) is -0.379. The Kier molecular flexibility index (Phi) is 5.74. The van der Waals surface area contributed by atoms with Gasteiger partial charge in [-0.05, 0) is 12.8 Å². The number of aliphatic hydroxyl groups excluding tert-OH is 1. The Balaban J connectivity index is 3.06. The van der Waals surface area contributed by atoms with E-state index >= 15 is 0 Å². The number of nitrogens with zero attached hydrogens (tertiary/aromatic N) is 1. The lowest BCUT2D eigenvalue weighted by atomic mass is 10.0. The van der Waals surface area contributed by atoms with Crippen molar-refractivity contribution in [2.75, 3.05) is 6.61 Å². The van der Waals surface area contributed by atoms with E-state index in [1.807, 2.05) is 0 Å². The molecule has 0 radical (unpaired) electrons. The van der Waals surface area contributed by atoms with Crippen LogP contribution in [-0.4, -0.2) is 28.6 Å². The fraction of sp³-hybridized carbons (Fsp3) is 0.417. The first kappa shape index (κ1) is 16.7. The second-order valence-electron chi connectivity index (χ2n) is 4.47. The van der Waals surface area contributed by atoms with Gasteiger partial charge < -0.3 is 10.4 Å². The zero-order chi connectivity index (χ0) is 15.4. The summed E-state index contributed by atoms with van der Waals surface area (Å²) in [7, 11) is 0. The van der Waals surface area contributed by atoms with Crippen LogP contribution in [0, 0.1) is 16.0 Å². The average Bonchev–Trinajstić information content (AvgIpc) is 2.39. The van der Waals surface area contributed by atoms with Crippen LogP contribution in [0.25, 0.3) is 0 Å². The molecule has 0 aromatic heterocycles. The fourth-order valence-corrected chi connectivity index (χ4v) is 1.84. The molecule has 2 N–H and O–H groups in total. The number of non-ortho nitro benzene ring substituents is 1. The first-order chi connectivity index (χ1) is 9.27. The predicted octanol–water partition coefficient (Wildman–Crippen LogP) is 2.65. The number of hydrogen-bond acceptors (Lipinski definition) is 4. The number of rotatable bonds is 5. The molecule has 0 saturated carbocycles. The number of carbonyl (C=O) groups is 1. The average molecular weight is 321 g/mol. The molecule has 110 valence electrons. The number of halogens is 2. The Bertz CT molecular complexity index is 536. The second-order valence-corrected chi connectivity index (χ2v) is 5.25. The smallest absolute Gasteiger partial charge is 0.271 e. The number of carbonyl (C=O) groups excluding carboxylic acids is 1. The molecule has 1 rings (SSSR count). The number of amides is 1. The molecule has 8 heteroatoms. The van der Waals surface area contributed by atoms with Gasteiger partial charge in [-0.2, -0.15) is 0 Å². The van der Waals surface area contributed by atoms with E-state index in [4.69, 9.17) is 28.3 Å². The van der Waals surface area contributed by atoms with E-state index in [1.54, 1.807) is 13.8 Å². The van der Waals surface area contributed by atoms with Crippen molar-refractivity contribution in [1.29, 1.82) is 0 Å². The lowest BCUT2D eigenvalue weighted by molar-refractivity contribution is -0.384. The van der Waals surface area contributed by atoms with Gasteiger partial charge in [-0.25, -0.2) is 0 Å². The zero-order valence-electron chi connectivity index (χ0n) is 10.9. The van der Waals surface area contributed by atoms with Crippen molar-refractivity contribution in [1.82, 2.24) is 5.32 Å². The minimum atomic E-state index is -0.654. The number of benzene rings is 1. The Hall–Kier alpha value is -1.37. The quantitative estimate of drug-likeness (QED) is 0.644. The van der Waals surface area contributed by atoms with Gasteiger partial charge in [-0.15, -0.1) is 0 Å². The first-order valence-corrected chi connectivity index (χ1v) is 6.58. The molecule has 20 heavy (non-hydrogen) atoms. The van der Waals surface area contributed by atoms with Crippen LogP contribution in [0.4, 0.5) is 5.69 Å². The van der Waals surface area contributed by atoms with E-state index in [0.29, 0.717) is 0 Å². The Morgan fingerprint density at radius 2 is 2.05 bits per heavy atom. The van der Waals surface area contributed by atoms with E-state index in [1.165, 1.54) is 0 Å². The normalized spacial score (nSPS) is 13.7. The summed E-state index contributed by atoms with van der Waals surface area (Å²) in [6.07, 6.45) is 0. The maximum atomic E-state index is 12.1. The highest BCUT2D eigenvalue weighted by atomic mass is 35.5. The van der Waals surface area contributed by atoms with E-state index < -0.39 is 10.8 Å². The minimum absolute atomic E-state index is 0.0429. The highest BCUT2D eigenvalue weighted by Crippen LogP contribution is 2.30. The van der Waals surface area contributed by atoms with Crippen LogP contribution in [0.15, 0.2) is 12.1 Å². The van der Waals surface area contributed by atoms with Gasteiger partial charge in [0, 0.05) is 24.8 Å². The molecule has 6 nitrogen and oxygen atoms in total. The SMILES string of the molecule is CC(CO)C(C)NC(=O)c1cc([N+](=O)[O-])cc(Cl)c1Cl. The summed E-state index contributed by atoms with van der Waals surface area (Å²) < 4.78 is 0. The molecular formula is C12H14Cl2N2O4. The van der Waals surface area contributed by atoms with Crippen LogP contribution >= 0.6 is 23.2 Å². The largest absolute Gasteiger partial charge is 0.396 e. The van der Waals surface area contributed by atoms with Crippen molar-refractivity contribution >= 4 is 34.8 Å². The van der Waals surface area contributed by atoms with E-state index in [9.17, 15) is 14.9 Å². The van der Waals surface area contributed by atoms with Crippen LogP contribution in [0.2, 0.25) is 10.0 Å². The highest BCUT2D eigenvalue weighted by molar-refractivity contribution is 6.44. The maximum Gasteiger partial charge on any atom is 0.271 e. The lowest BCUT2D eigenvalue weighted by Gasteiger charge is -2.19. The van der Waals surface area contributed by atoms with Gasteiger partial charge in [0.15, 0.2) is 0 Å². The minimum Gasteiger partial charge on any atom is -0.396 e. The third-order valence-electron chi connectivity index (χ3n) is 2.97. The number of nitrogens with one attached hydrogen (secondary N) is 1. The summed E-state index contributed by atoms with van der Waals surface area (Å²) in [5.74, 6) is -0.736. The molecule has 1 amide bonds. The highest BCUT2D eigenvalue weighted by Gasteiger charge is 2.21. The summed E-state index contributed by atoms with van der Waals surface area (Å²) >= 11 is 11.7. The van der Waals surface area contributed by atoms with Gasteiger partial charge in [0.1, 0.15) is 0 Å². The Labute approximate surface area is 125 Å². The monoisotopic (exact) mass is 320 g/mol. The molecule has 1 aromatic rings. The molecule has 2 atom stereocenters. The Morgan fingerprint density at radius 3 is 2.55 bits per heavy atom. The van der Waals surface area contributed by atoms with E-state index in [2.05, 4.69) is 5.32 Å². The lowest BCUT2D eigenvalue weighted by Crippen LogP contribution is -2.38. The van der Waals surface area contributed by atoms with Crippen molar-refractivity contribution < 1.29 is 14.8 Å². The zero-order valence-corrected chi connectivity index (χ0v) is 12.4. The van der Waals surface area contributed by atoms with Gasteiger partial charge in [0.2, 0.25) is 0 Å². The molecular weight excluding hydrogens is 307 g/mol. The molecule has 0 aliphatic heterocycles. The summed E-state index contributed by atoms with van der Waals surface area (Å²) in [4.78, 5) is 22.2. The van der Waals surface area contributed by atoms with Gasteiger partial charge in [0.05, 0.1) is 20.5 Å². The van der Waals surface area contributed by atoms with Crippen LogP contribution in [0.5, 0.6) is 0 Å². The standard InChI is InChI=1S/C12H14Cl2N2O4/c1-6(5-17)7(2)15-12(18)9-3-8(16(19)20)4-10(13)11(9)14/h3-4,6-7,17H,5H2,1-2H3,(H,15,18). The molecule has 0 bridgehead atoms. The second kappa shape index (κ2) is 6.88. The number of hydrogen-bond donors (Lipinski definition) is 2. The van der Waals surface area contributed by atoms with Crippen LogP contribution in [0.3, 0.4) is 0 Å². The maximum absolute atomic E-state index is 12.1. The van der Waals surface area contributed by atoms with Crippen molar-refractivity contribution in [3.63, 3.8) is 0 Å². The number of nitro groups is 1. The molecule has 0 heterocycles. The summed E-state index contributed by atoms with van der Waals surface area (Å²) in [6.45, 7) is 3.38. The van der Waals surface area contributed by atoms with Gasteiger partial charge >= 0.3 is 0 Å². The van der Waals surface area contributed by atoms with Crippen LogP contribution in [0.1, 0.15) is 24.2 Å². The number of aliphatic hydroxyl groups is 1. The predicted molar refractivity (Wildman–Crippen MR) is 76.3 cm³/mol. The van der Waals surface area contributed by atoms with Gasteiger partial charge in [-0.1, -0.05) is 30.1 Å². The Morgan fingerprint density at radius 1 is 1.45 bits per heavy atom. The third-order valence-corrected chi connectivity index (χ3v) is 3.77.